The summed E-state index contributed by atoms with van der Waals surface area (Å²) in [6.45, 7) is 2.25. The van der Waals surface area contributed by atoms with Crippen LogP contribution in [0.25, 0.3) is 0 Å². The number of carbonyl (C=O) groups excluding carboxylic acids is 2. The van der Waals surface area contributed by atoms with E-state index in [9.17, 15) is 14.7 Å². The number of piperidine rings is 1. The molecule has 30 heavy (non-hydrogen) atoms. The molecule has 0 unspecified atom stereocenters. The van der Waals surface area contributed by atoms with Crippen molar-refractivity contribution in [3.8, 4) is 11.5 Å². The van der Waals surface area contributed by atoms with Crippen molar-refractivity contribution in [2.45, 2.75) is 19.4 Å². The first-order valence-electron chi connectivity index (χ1n) is 10.1. The minimum Gasteiger partial charge on any atom is -0.506 e. The molecule has 0 aliphatic carbocycles. The Balaban J connectivity index is 1.45. The quantitative estimate of drug-likeness (QED) is 0.685. The molecule has 1 aliphatic heterocycles. The van der Waals surface area contributed by atoms with Crippen LogP contribution in [0, 0.1) is 5.92 Å². The second-order valence-corrected chi connectivity index (χ2v) is 7.66. The molecule has 2 aromatic rings. The fourth-order valence-corrected chi connectivity index (χ4v) is 3.61. The molecule has 2 aromatic carbocycles. The number of rotatable bonds is 7. The lowest BCUT2D eigenvalue weighted by molar-refractivity contribution is -0.132. The summed E-state index contributed by atoms with van der Waals surface area (Å²) < 4.78 is 5.23. The maximum atomic E-state index is 12.6. The van der Waals surface area contributed by atoms with Gasteiger partial charge < -0.3 is 20.1 Å². The summed E-state index contributed by atoms with van der Waals surface area (Å²) in [4.78, 5) is 28.9. The Hall–Kier alpha value is -3.06. The zero-order valence-corrected chi connectivity index (χ0v) is 17.5. The van der Waals surface area contributed by atoms with E-state index in [0.29, 0.717) is 44.7 Å². The number of nitrogens with zero attached hydrogens (tertiary/aromatic N) is 2. The van der Waals surface area contributed by atoms with Crippen LogP contribution in [0.4, 0.5) is 5.69 Å². The lowest BCUT2D eigenvalue weighted by Gasteiger charge is -2.32. The maximum absolute atomic E-state index is 12.6. The molecule has 2 amide bonds. The Morgan fingerprint density at radius 1 is 1.17 bits per heavy atom. The first-order chi connectivity index (χ1) is 14.5. The average molecular weight is 412 g/mol. The highest BCUT2D eigenvalue weighted by atomic mass is 16.5. The van der Waals surface area contributed by atoms with Crippen LogP contribution in [0.2, 0.25) is 0 Å². The Morgan fingerprint density at radius 3 is 2.60 bits per heavy atom. The normalized spacial score (nSPS) is 14.9. The number of amides is 2. The number of aromatic hydroxyl groups is 1. The minimum atomic E-state index is -0.120. The first-order valence-corrected chi connectivity index (χ1v) is 10.1. The van der Waals surface area contributed by atoms with Gasteiger partial charge in [-0.15, -0.1) is 0 Å². The SMILES string of the molecule is COc1cccc(CN(C)C(=O)CN2CCC(C(=O)Nc3ccccc3O)CC2)c1. The first kappa shape index (κ1) is 21.6. The van der Waals surface area contributed by atoms with Gasteiger partial charge in [-0.25, -0.2) is 0 Å². The summed E-state index contributed by atoms with van der Waals surface area (Å²) in [6.07, 6.45) is 1.37. The van der Waals surface area contributed by atoms with E-state index in [4.69, 9.17) is 4.74 Å². The smallest absolute Gasteiger partial charge is 0.236 e. The molecule has 7 nitrogen and oxygen atoms in total. The van der Waals surface area contributed by atoms with Crippen molar-refractivity contribution in [3.05, 3.63) is 54.1 Å². The molecule has 1 heterocycles. The van der Waals surface area contributed by atoms with Gasteiger partial charge in [-0.3, -0.25) is 14.5 Å². The zero-order chi connectivity index (χ0) is 21.5. The molecule has 7 heteroatoms. The van der Waals surface area contributed by atoms with Crippen LogP contribution in [0.3, 0.4) is 0 Å². The number of likely N-dealkylation sites (N-methyl/N-ethyl adjacent to an activating group) is 1. The second-order valence-electron chi connectivity index (χ2n) is 7.66. The molecule has 160 valence electrons. The number of phenols is 1. The highest BCUT2D eigenvalue weighted by Gasteiger charge is 2.27. The Morgan fingerprint density at radius 2 is 1.90 bits per heavy atom. The number of anilines is 1. The number of benzene rings is 2. The van der Waals surface area contributed by atoms with E-state index in [0.717, 1.165) is 11.3 Å². The highest BCUT2D eigenvalue weighted by molar-refractivity contribution is 5.93. The Bertz CT molecular complexity index is 878. The van der Waals surface area contributed by atoms with Gasteiger partial charge in [0.25, 0.3) is 0 Å². The zero-order valence-electron chi connectivity index (χ0n) is 17.5. The van der Waals surface area contributed by atoms with Gasteiger partial charge in [-0.1, -0.05) is 24.3 Å². The fraction of sp³-hybridized carbons (Fsp3) is 0.391. The summed E-state index contributed by atoms with van der Waals surface area (Å²) in [5.74, 6) is 0.684. The van der Waals surface area contributed by atoms with Crippen LogP contribution in [0.5, 0.6) is 11.5 Å². The van der Waals surface area contributed by atoms with E-state index >= 15 is 0 Å². The fourth-order valence-electron chi connectivity index (χ4n) is 3.61. The second kappa shape index (κ2) is 10.1. The van der Waals surface area contributed by atoms with E-state index in [-0.39, 0.29) is 23.5 Å². The van der Waals surface area contributed by atoms with Crippen LogP contribution >= 0.6 is 0 Å². The number of hydrogen-bond acceptors (Lipinski definition) is 5. The van der Waals surface area contributed by atoms with Crippen molar-refractivity contribution in [1.29, 1.82) is 0 Å². The van der Waals surface area contributed by atoms with Crippen molar-refractivity contribution >= 4 is 17.5 Å². The van der Waals surface area contributed by atoms with Crippen molar-refractivity contribution in [3.63, 3.8) is 0 Å². The van der Waals surface area contributed by atoms with Gasteiger partial charge in [-0.2, -0.15) is 0 Å². The number of carbonyl (C=O) groups is 2. The van der Waals surface area contributed by atoms with Crippen molar-refractivity contribution in [2.75, 3.05) is 39.1 Å². The molecule has 0 saturated carbocycles. The predicted molar refractivity (Wildman–Crippen MR) is 115 cm³/mol. The molecule has 0 radical (unpaired) electrons. The minimum absolute atomic E-state index is 0.0509. The third-order valence-corrected chi connectivity index (χ3v) is 5.46. The van der Waals surface area contributed by atoms with E-state index in [1.165, 1.54) is 0 Å². The third kappa shape index (κ3) is 5.73. The monoisotopic (exact) mass is 411 g/mol. The molecule has 0 atom stereocenters. The van der Waals surface area contributed by atoms with Gasteiger partial charge in [0.05, 0.1) is 19.3 Å². The van der Waals surface area contributed by atoms with Crippen LogP contribution in [-0.2, 0) is 16.1 Å². The lowest BCUT2D eigenvalue weighted by Crippen LogP contribution is -2.43. The molecule has 0 aromatic heterocycles. The predicted octanol–water partition coefficient (Wildman–Crippen LogP) is 2.71. The van der Waals surface area contributed by atoms with Gasteiger partial charge in [0, 0.05) is 19.5 Å². The van der Waals surface area contributed by atoms with E-state index in [1.54, 1.807) is 43.3 Å². The van der Waals surface area contributed by atoms with Gasteiger partial charge in [-0.05, 0) is 55.8 Å². The summed E-state index contributed by atoms with van der Waals surface area (Å²) in [5.41, 5.74) is 1.45. The standard InChI is InChI=1S/C23H29N3O4/c1-25(15-17-6-5-7-19(14-17)30-2)22(28)16-26-12-10-18(11-13-26)23(29)24-20-8-3-4-9-21(20)27/h3-9,14,18,27H,10-13,15-16H2,1-2H3,(H,24,29). The van der Waals surface area contributed by atoms with Crippen molar-refractivity contribution in [1.82, 2.24) is 9.80 Å². The molecule has 3 rings (SSSR count). The third-order valence-electron chi connectivity index (χ3n) is 5.46. The molecule has 1 fully saturated rings. The summed E-state index contributed by atoms with van der Waals surface area (Å²) in [7, 11) is 3.43. The highest BCUT2D eigenvalue weighted by Crippen LogP contribution is 2.25. The summed E-state index contributed by atoms with van der Waals surface area (Å²) in [6, 6.07) is 14.4. The Labute approximate surface area is 177 Å². The molecule has 1 saturated heterocycles. The van der Waals surface area contributed by atoms with Gasteiger partial charge in [0.2, 0.25) is 11.8 Å². The molecule has 1 aliphatic rings. The lowest BCUT2D eigenvalue weighted by atomic mass is 9.95. The van der Waals surface area contributed by atoms with E-state index < -0.39 is 0 Å². The Kier molecular flexibility index (Phi) is 7.30. The summed E-state index contributed by atoms with van der Waals surface area (Å²) in [5, 5.41) is 12.6. The molecule has 0 spiro atoms. The molecule has 0 bridgehead atoms. The van der Waals surface area contributed by atoms with Crippen LogP contribution < -0.4 is 10.1 Å². The van der Waals surface area contributed by atoms with E-state index in [2.05, 4.69) is 10.2 Å². The van der Waals surface area contributed by atoms with Crippen LogP contribution in [-0.4, -0.2) is 60.5 Å². The maximum Gasteiger partial charge on any atom is 0.236 e. The number of para-hydroxylation sites is 2. The number of nitrogens with one attached hydrogen (secondary N) is 1. The number of ether oxygens (including phenoxy) is 1. The molecule has 2 N–H and O–H groups in total. The average Bonchev–Trinajstić information content (AvgIpc) is 2.76. The molecular formula is C23H29N3O4. The van der Waals surface area contributed by atoms with Crippen LogP contribution in [0.15, 0.2) is 48.5 Å². The van der Waals surface area contributed by atoms with Crippen molar-refractivity contribution in [2.24, 2.45) is 5.92 Å². The van der Waals surface area contributed by atoms with Gasteiger partial charge >= 0.3 is 0 Å². The molecular weight excluding hydrogens is 382 g/mol. The number of hydrogen-bond donors (Lipinski definition) is 2. The van der Waals surface area contributed by atoms with Gasteiger partial charge in [0.15, 0.2) is 0 Å². The largest absolute Gasteiger partial charge is 0.506 e. The van der Waals surface area contributed by atoms with Gasteiger partial charge in [0.1, 0.15) is 11.5 Å². The van der Waals surface area contributed by atoms with Crippen LogP contribution in [0.1, 0.15) is 18.4 Å². The number of phenolic OH excluding ortho intramolecular Hbond substituents is 1. The number of methoxy groups -OCH3 is 1. The van der Waals surface area contributed by atoms with Crippen molar-refractivity contribution < 1.29 is 19.4 Å². The summed E-state index contributed by atoms with van der Waals surface area (Å²) >= 11 is 0. The van der Waals surface area contributed by atoms with E-state index in [1.807, 2.05) is 24.3 Å². The number of likely N-dealkylation sites (tertiary alicyclic amines) is 1. The topological polar surface area (TPSA) is 82.1 Å².